The Morgan fingerprint density at radius 2 is 1.74 bits per heavy atom. The number of carbonyl (C=O) groups is 1. The van der Waals surface area contributed by atoms with Crippen LogP contribution < -0.4 is 15.4 Å². The van der Waals surface area contributed by atoms with E-state index in [9.17, 15) is 4.79 Å². The molecule has 4 rings (SSSR count). The number of oxazole rings is 1. The molecule has 0 unspecified atom stereocenters. The van der Waals surface area contributed by atoms with Crippen molar-refractivity contribution >= 4 is 63.2 Å². The first-order valence-corrected chi connectivity index (χ1v) is 11.6. The molecule has 9 heteroatoms. The van der Waals surface area contributed by atoms with Gasteiger partial charge < -0.3 is 14.5 Å². The van der Waals surface area contributed by atoms with Crippen LogP contribution in [-0.2, 0) is 0 Å². The Balaban J connectivity index is 1.47. The first kappa shape index (κ1) is 24.0. The highest BCUT2D eigenvalue weighted by Gasteiger charge is 2.15. The summed E-state index contributed by atoms with van der Waals surface area (Å²) in [6, 6.07) is 16.5. The van der Waals surface area contributed by atoms with E-state index in [2.05, 4.69) is 41.6 Å². The molecule has 0 aliphatic rings. The van der Waals surface area contributed by atoms with Crippen LogP contribution in [0.3, 0.4) is 0 Å². The van der Waals surface area contributed by atoms with Crippen molar-refractivity contribution in [1.82, 2.24) is 10.3 Å². The van der Waals surface area contributed by atoms with E-state index in [0.717, 1.165) is 5.56 Å². The second-order valence-corrected chi connectivity index (χ2v) is 9.08. The van der Waals surface area contributed by atoms with Gasteiger partial charge in [0.05, 0.1) is 17.2 Å². The molecule has 1 aromatic heterocycles. The maximum absolute atomic E-state index is 12.6. The number of benzene rings is 3. The molecule has 0 bridgehead atoms. The van der Waals surface area contributed by atoms with E-state index in [1.807, 2.05) is 12.1 Å². The number of hydrogen-bond acceptors (Lipinski definition) is 5. The summed E-state index contributed by atoms with van der Waals surface area (Å²) in [4.78, 5) is 17.2. The maximum atomic E-state index is 12.6. The van der Waals surface area contributed by atoms with Crippen molar-refractivity contribution < 1.29 is 13.9 Å². The van der Waals surface area contributed by atoms with Crippen molar-refractivity contribution in [3.05, 3.63) is 75.8 Å². The number of nitrogens with one attached hydrogen (secondary N) is 2. The monoisotopic (exact) mass is 513 g/mol. The van der Waals surface area contributed by atoms with Gasteiger partial charge in [-0.3, -0.25) is 10.1 Å². The van der Waals surface area contributed by atoms with Crippen LogP contribution in [0.2, 0.25) is 10.0 Å². The number of halogens is 2. The van der Waals surface area contributed by atoms with Crippen LogP contribution in [0, 0.1) is 0 Å². The first-order valence-electron chi connectivity index (χ1n) is 10.4. The Bertz CT molecular complexity index is 1360. The van der Waals surface area contributed by atoms with Crippen LogP contribution in [0.25, 0.3) is 22.6 Å². The van der Waals surface area contributed by atoms with Gasteiger partial charge in [0.2, 0.25) is 5.89 Å². The van der Waals surface area contributed by atoms with Crippen LogP contribution in [0.1, 0.15) is 35.7 Å². The standard InChI is InChI=1S/C25H21Cl2N3O3S/c1-13(2)14-4-6-15(7-5-14)24-29-20-12-17(8-9-21(20)33-24)28-25(34)30-23(31)16-10-18(26)22(32-3)19(27)11-16/h4-13H,1-3H3,(H2,28,30,31,34). The summed E-state index contributed by atoms with van der Waals surface area (Å²) in [5.74, 6) is 0.830. The number of hydrogen-bond donors (Lipinski definition) is 2. The molecule has 0 spiro atoms. The Hall–Kier alpha value is -3.13. The number of rotatable bonds is 5. The zero-order valence-electron chi connectivity index (χ0n) is 18.6. The normalized spacial score (nSPS) is 11.0. The highest BCUT2D eigenvalue weighted by atomic mass is 35.5. The smallest absolute Gasteiger partial charge is 0.257 e. The zero-order valence-corrected chi connectivity index (χ0v) is 20.9. The van der Waals surface area contributed by atoms with Gasteiger partial charge in [-0.2, -0.15) is 0 Å². The van der Waals surface area contributed by atoms with Crippen LogP contribution in [0.4, 0.5) is 5.69 Å². The number of aromatic nitrogens is 1. The third-order valence-electron chi connectivity index (χ3n) is 5.16. The SMILES string of the molecule is COc1c(Cl)cc(C(=O)NC(=S)Nc2ccc3oc(-c4ccc(C(C)C)cc4)nc3c2)cc1Cl. The predicted octanol–water partition coefficient (Wildman–Crippen LogP) is 7.06. The van der Waals surface area contributed by atoms with Crippen molar-refractivity contribution in [3.63, 3.8) is 0 Å². The number of thiocarbonyl (C=S) groups is 1. The van der Waals surface area contributed by atoms with Crippen LogP contribution in [0.15, 0.2) is 59.0 Å². The lowest BCUT2D eigenvalue weighted by Crippen LogP contribution is -2.34. The number of methoxy groups -OCH3 is 1. The second-order valence-electron chi connectivity index (χ2n) is 7.86. The van der Waals surface area contributed by atoms with Crippen LogP contribution in [-0.4, -0.2) is 23.1 Å². The van der Waals surface area contributed by atoms with Gasteiger partial charge in [-0.15, -0.1) is 0 Å². The Morgan fingerprint density at radius 3 is 2.35 bits per heavy atom. The van der Waals surface area contributed by atoms with E-state index in [4.69, 9.17) is 44.6 Å². The third-order valence-corrected chi connectivity index (χ3v) is 5.93. The number of fused-ring (bicyclic) bond motifs is 1. The molecule has 0 fully saturated rings. The van der Waals surface area contributed by atoms with Crippen LogP contribution >= 0.6 is 35.4 Å². The van der Waals surface area contributed by atoms with E-state index >= 15 is 0 Å². The molecule has 174 valence electrons. The summed E-state index contributed by atoms with van der Waals surface area (Å²) in [7, 11) is 1.45. The quantitative estimate of drug-likeness (QED) is 0.278. The summed E-state index contributed by atoms with van der Waals surface area (Å²) in [6.45, 7) is 4.30. The second kappa shape index (κ2) is 10.0. The van der Waals surface area contributed by atoms with Gasteiger partial charge in [-0.05, 0) is 66.2 Å². The van der Waals surface area contributed by atoms with Crippen molar-refractivity contribution in [1.29, 1.82) is 0 Å². The molecule has 0 saturated carbocycles. The van der Waals surface area contributed by atoms with Crippen LogP contribution in [0.5, 0.6) is 5.75 Å². The van der Waals surface area contributed by atoms with Gasteiger partial charge in [-0.1, -0.05) is 49.2 Å². The number of nitrogens with zero attached hydrogens (tertiary/aromatic N) is 1. The summed E-state index contributed by atoms with van der Waals surface area (Å²) >= 11 is 17.5. The highest BCUT2D eigenvalue weighted by molar-refractivity contribution is 7.80. The molecular weight excluding hydrogens is 493 g/mol. The summed E-state index contributed by atoms with van der Waals surface area (Å²) in [6.07, 6.45) is 0. The number of ether oxygens (including phenoxy) is 1. The molecule has 0 aliphatic carbocycles. The average Bonchev–Trinajstić information content (AvgIpc) is 3.22. The van der Waals surface area contributed by atoms with Gasteiger partial charge in [0, 0.05) is 16.8 Å². The summed E-state index contributed by atoms with van der Waals surface area (Å²) < 4.78 is 11.0. The van der Waals surface area contributed by atoms with Gasteiger partial charge in [0.15, 0.2) is 16.4 Å². The topological polar surface area (TPSA) is 76.4 Å². The summed E-state index contributed by atoms with van der Waals surface area (Å²) in [5, 5.41) is 6.16. The summed E-state index contributed by atoms with van der Waals surface area (Å²) in [5.41, 5.74) is 4.36. The molecule has 1 heterocycles. The lowest BCUT2D eigenvalue weighted by molar-refractivity contribution is 0.0977. The van der Waals surface area contributed by atoms with E-state index in [-0.39, 0.29) is 20.7 Å². The molecule has 1 amide bonds. The zero-order chi connectivity index (χ0) is 24.4. The number of amides is 1. The molecule has 0 aliphatic heterocycles. The minimum absolute atomic E-state index is 0.111. The Morgan fingerprint density at radius 1 is 1.06 bits per heavy atom. The van der Waals surface area contributed by atoms with E-state index in [1.165, 1.54) is 24.8 Å². The molecule has 0 radical (unpaired) electrons. The molecule has 0 saturated heterocycles. The lowest BCUT2D eigenvalue weighted by atomic mass is 10.0. The fourth-order valence-corrected chi connectivity index (χ4v) is 4.21. The van der Waals surface area contributed by atoms with Crippen molar-refractivity contribution in [2.75, 3.05) is 12.4 Å². The molecule has 4 aromatic rings. The Labute approximate surface area is 212 Å². The van der Waals surface area contributed by atoms with Gasteiger partial charge in [0.1, 0.15) is 5.52 Å². The van der Waals surface area contributed by atoms with Crippen molar-refractivity contribution in [2.45, 2.75) is 19.8 Å². The average molecular weight is 514 g/mol. The number of carbonyl (C=O) groups excluding carboxylic acids is 1. The fraction of sp³-hybridized carbons (Fsp3) is 0.160. The maximum Gasteiger partial charge on any atom is 0.257 e. The minimum Gasteiger partial charge on any atom is -0.494 e. The molecule has 34 heavy (non-hydrogen) atoms. The molecule has 2 N–H and O–H groups in total. The minimum atomic E-state index is -0.460. The van der Waals surface area contributed by atoms with Gasteiger partial charge >= 0.3 is 0 Å². The van der Waals surface area contributed by atoms with E-state index in [0.29, 0.717) is 34.3 Å². The van der Waals surface area contributed by atoms with Crippen molar-refractivity contribution in [2.24, 2.45) is 0 Å². The molecule has 3 aromatic carbocycles. The predicted molar refractivity (Wildman–Crippen MR) is 140 cm³/mol. The lowest BCUT2D eigenvalue weighted by Gasteiger charge is -2.11. The largest absolute Gasteiger partial charge is 0.494 e. The highest BCUT2D eigenvalue weighted by Crippen LogP contribution is 2.34. The molecular formula is C25H21Cl2N3O3S. The van der Waals surface area contributed by atoms with Gasteiger partial charge in [0.25, 0.3) is 5.91 Å². The van der Waals surface area contributed by atoms with Crippen molar-refractivity contribution in [3.8, 4) is 17.2 Å². The first-order chi connectivity index (χ1) is 16.2. The van der Waals surface area contributed by atoms with E-state index < -0.39 is 5.91 Å². The fourth-order valence-electron chi connectivity index (χ4n) is 3.36. The molecule has 0 atom stereocenters. The van der Waals surface area contributed by atoms with E-state index in [1.54, 1.807) is 18.2 Å². The number of anilines is 1. The third kappa shape index (κ3) is 5.17. The van der Waals surface area contributed by atoms with Gasteiger partial charge in [-0.25, -0.2) is 4.98 Å². The Kier molecular flexibility index (Phi) is 7.07. The molecule has 6 nitrogen and oxygen atoms in total.